The van der Waals surface area contributed by atoms with Crippen LogP contribution in [0.25, 0.3) is 0 Å². The Bertz CT molecular complexity index is 504. The molecule has 114 valence electrons. The summed E-state index contributed by atoms with van der Waals surface area (Å²) in [4.78, 5) is 32.4. The van der Waals surface area contributed by atoms with Crippen LogP contribution in [0.1, 0.15) is 24.2 Å². The summed E-state index contributed by atoms with van der Waals surface area (Å²) in [5, 5.41) is 2.69. The van der Waals surface area contributed by atoms with Crippen molar-refractivity contribution >= 4 is 11.8 Å². The van der Waals surface area contributed by atoms with Crippen LogP contribution < -0.4 is 5.32 Å². The number of hydrogen-bond donors (Lipinski definition) is 1. The van der Waals surface area contributed by atoms with Crippen LogP contribution in [0.5, 0.6) is 0 Å². The molecule has 1 atom stereocenters. The first-order valence-corrected chi connectivity index (χ1v) is 7.21. The average Bonchev–Trinajstić information content (AvgIpc) is 2.53. The van der Waals surface area contributed by atoms with Crippen LogP contribution in [0, 0.1) is 0 Å². The lowest BCUT2D eigenvalue weighted by Gasteiger charge is -2.42. The summed E-state index contributed by atoms with van der Waals surface area (Å²) in [6.07, 6.45) is 3.20. The summed E-state index contributed by atoms with van der Waals surface area (Å²) in [7, 11) is 1.63. The third-order valence-corrected chi connectivity index (χ3v) is 3.83. The smallest absolute Gasteiger partial charge is 0.255 e. The van der Waals surface area contributed by atoms with Gasteiger partial charge in [-0.05, 0) is 26.0 Å². The van der Waals surface area contributed by atoms with Gasteiger partial charge in [-0.25, -0.2) is 0 Å². The van der Waals surface area contributed by atoms with Gasteiger partial charge in [-0.3, -0.25) is 19.5 Å². The first kappa shape index (κ1) is 15.4. The number of aromatic nitrogens is 1. The van der Waals surface area contributed by atoms with Crippen LogP contribution in [-0.2, 0) is 4.79 Å². The molecule has 2 heterocycles. The Balaban J connectivity index is 2.14. The van der Waals surface area contributed by atoms with Crippen molar-refractivity contribution in [3.8, 4) is 0 Å². The number of piperazine rings is 1. The van der Waals surface area contributed by atoms with Gasteiger partial charge >= 0.3 is 0 Å². The zero-order valence-corrected chi connectivity index (χ0v) is 12.7. The highest BCUT2D eigenvalue weighted by molar-refractivity contribution is 5.94. The minimum atomic E-state index is -0.302. The summed E-state index contributed by atoms with van der Waals surface area (Å²) in [5.74, 6) is -0.118. The van der Waals surface area contributed by atoms with E-state index in [-0.39, 0.29) is 23.9 Å². The molecular weight excluding hydrogens is 268 g/mol. The molecule has 1 aliphatic heterocycles. The highest BCUT2D eigenvalue weighted by atomic mass is 16.2. The standard InChI is InChI=1S/C15H22N4O2/c1-11(2)19-8-7-18(10-13(19)14(20)16-3)15(21)12-5-4-6-17-9-12/h4-6,9,11,13H,7-8,10H2,1-3H3,(H,16,20)/t13-/m1/s1. The van der Waals surface area contributed by atoms with E-state index >= 15 is 0 Å². The van der Waals surface area contributed by atoms with Gasteiger partial charge in [-0.1, -0.05) is 0 Å². The van der Waals surface area contributed by atoms with Gasteiger partial charge in [0.1, 0.15) is 6.04 Å². The highest BCUT2D eigenvalue weighted by Crippen LogP contribution is 2.16. The predicted molar refractivity (Wildman–Crippen MR) is 79.8 cm³/mol. The summed E-state index contributed by atoms with van der Waals surface area (Å²) in [5.41, 5.74) is 0.561. The molecule has 6 nitrogen and oxygen atoms in total. The van der Waals surface area contributed by atoms with Gasteiger partial charge in [0.25, 0.3) is 5.91 Å². The molecule has 0 radical (unpaired) electrons. The van der Waals surface area contributed by atoms with Gasteiger partial charge in [0.15, 0.2) is 0 Å². The van der Waals surface area contributed by atoms with Crippen molar-refractivity contribution in [2.75, 3.05) is 26.7 Å². The molecule has 0 saturated carbocycles. The van der Waals surface area contributed by atoms with Crippen molar-refractivity contribution in [3.05, 3.63) is 30.1 Å². The molecule has 1 fully saturated rings. The van der Waals surface area contributed by atoms with Crippen LogP contribution in [0.15, 0.2) is 24.5 Å². The van der Waals surface area contributed by atoms with Crippen molar-refractivity contribution in [3.63, 3.8) is 0 Å². The zero-order valence-electron chi connectivity index (χ0n) is 12.7. The van der Waals surface area contributed by atoms with E-state index in [1.54, 1.807) is 36.5 Å². The topological polar surface area (TPSA) is 65.5 Å². The van der Waals surface area contributed by atoms with Crippen LogP contribution in [0.2, 0.25) is 0 Å². The van der Waals surface area contributed by atoms with E-state index in [0.29, 0.717) is 25.2 Å². The molecule has 1 aromatic rings. The molecule has 1 aromatic heterocycles. The Labute approximate surface area is 125 Å². The maximum Gasteiger partial charge on any atom is 0.255 e. The lowest BCUT2D eigenvalue weighted by Crippen LogP contribution is -2.61. The highest BCUT2D eigenvalue weighted by Gasteiger charge is 2.35. The molecule has 1 saturated heterocycles. The van der Waals surface area contributed by atoms with Gasteiger partial charge < -0.3 is 10.2 Å². The molecule has 0 aromatic carbocycles. The van der Waals surface area contributed by atoms with E-state index in [9.17, 15) is 9.59 Å². The molecular formula is C15H22N4O2. The molecule has 1 N–H and O–H groups in total. The molecule has 1 aliphatic rings. The lowest BCUT2D eigenvalue weighted by molar-refractivity contribution is -0.128. The number of carbonyl (C=O) groups is 2. The minimum absolute atomic E-state index is 0.0487. The fourth-order valence-corrected chi connectivity index (χ4v) is 2.67. The van der Waals surface area contributed by atoms with Crippen LogP contribution in [-0.4, -0.2) is 65.4 Å². The lowest BCUT2D eigenvalue weighted by atomic mass is 10.1. The zero-order chi connectivity index (χ0) is 15.4. The molecule has 0 aliphatic carbocycles. The van der Waals surface area contributed by atoms with Gasteiger partial charge in [-0.15, -0.1) is 0 Å². The molecule has 6 heteroatoms. The second kappa shape index (κ2) is 6.67. The first-order chi connectivity index (χ1) is 10.0. The van der Waals surface area contributed by atoms with E-state index in [0.717, 1.165) is 0 Å². The first-order valence-electron chi connectivity index (χ1n) is 7.21. The molecule has 2 amide bonds. The van der Waals surface area contributed by atoms with Gasteiger partial charge in [-0.2, -0.15) is 0 Å². The summed E-state index contributed by atoms with van der Waals surface area (Å²) < 4.78 is 0. The van der Waals surface area contributed by atoms with Crippen molar-refractivity contribution in [2.45, 2.75) is 25.9 Å². The molecule has 0 unspecified atom stereocenters. The quantitative estimate of drug-likeness (QED) is 0.873. The van der Waals surface area contributed by atoms with E-state index in [2.05, 4.69) is 29.0 Å². The maximum absolute atomic E-state index is 12.5. The Morgan fingerprint density at radius 3 is 2.71 bits per heavy atom. The van der Waals surface area contributed by atoms with Crippen molar-refractivity contribution < 1.29 is 9.59 Å². The second-order valence-electron chi connectivity index (χ2n) is 5.45. The summed E-state index contributed by atoms with van der Waals surface area (Å²) >= 11 is 0. The number of pyridine rings is 1. The van der Waals surface area contributed by atoms with Crippen molar-refractivity contribution in [2.24, 2.45) is 0 Å². The normalized spacial score (nSPS) is 19.6. The maximum atomic E-state index is 12.5. The van der Waals surface area contributed by atoms with Gasteiger partial charge in [0, 0.05) is 45.1 Å². The third-order valence-electron chi connectivity index (χ3n) is 3.83. The van der Waals surface area contributed by atoms with E-state index in [1.807, 2.05) is 0 Å². The third kappa shape index (κ3) is 3.39. The second-order valence-corrected chi connectivity index (χ2v) is 5.45. The largest absolute Gasteiger partial charge is 0.358 e. The fraction of sp³-hybridized carbons (Fsp3) is 0.533. The number of nitrogens with zero attached hydrogens (tertiary/aromatic N) is 3. The SMILES string of the molecule is CNC(=O)[C@H]1CN(C(=O)c2cccnc2)CCN1C(C)C. The fourth-order valence-electron chi connectivity index (χ4n) is 2.67. The molecule has 21 heavy (non-hydrogen) atoms. The van der Waals surface area contributed by atoms with Crippen LogP contribution in [0.4, 0.5) is 0 Å². The summed E-state index contributed by atoms with van der Waals surface area (Å²) in [6, 6.07) is 3.46. The molecule has 2 rings (SSSR count). The number of amides is 2. The number of hydrogen-bond acceptors (Lipinski definition) is 4. The minimum Gasteiger partial charge on any atom is -0.358 e. The molecule has 0 bridgehead atoms. The van der Waals surface area contributed by atoms with Gasteiger partial charge in [0.05, 0.1) is 5.56 Å². The van der Waals surface area contributed by atoms with E-state index in [1.165, 1.54) is 0 Å². The Morgan fingerprint density at radius 1 is 1.38 bits per heavy atom. The number of carbonyl (C=O) groups excluding carboxylic acids is 2. The molecule has 0 spiro atoms. The van der Waals surface area contributed by atoms with Gasteiger partial charge in [0.2, 0.25) is 5.91 Å². The number of likely N-dealkylation sites (N-methyl/N-ethyl adjacent to an activating group) is 1. The summed E-state index contributed by atoms with van der Waals surface area (Å²) in [6.45, 7) is 5.86. The van der Waals surface area contributed by atoms with E-state index in [4.69, 9.17) is 0 Å². The Morgan fingerprint density at radius 2 is 2.14 bits per heavy atom. The predicted octanol–water partition coefficient (Wildman–Crippen LogP) is 0.362. The number of nitrogens with one attached hydrogen (secondary N) is 1. The van der Waals surface area contributed by atoms with Crippen molar-refractivity contribution in [1.82, 2.24) is 20.1 Å². The number of rotatable bonds is 3. The van der Waals surface area contributed by atoms with Crippen LogP contribution in [0.3, 0.4) is 0 Å². The van der Waals surface area contributed by atoms with Crippen LogP contribution >= 0.6 is 0 Å². The Hall–Kier alpha value is -1.95. The van der Waals surface area contributed by atoms with Crippen molar-refractivity contribution in [1.29, 1.82) is 0 Å². The monoisotopic (exact) mass is 290 g/mol. The Kier molecular flexibility index (Phi) is 4.90. The average molecular weight is 290 g/mol. The van der Waals surface area contributed by atoms with E-state index < -0.39 is 0 Å².